The van der Waals surface area contributed by atoms with Crippen LogP contribution in [0, 0.1) is 0 Å². The fourth-order valence-electron chi connectivity index (χ4n) is 3.03. The molecule has 2 rings (SSSR count). The van der Waals surface area contributed by atoms with Gasteiger partial charge in [0.25, 0.3) is 0 Å². The van der Waals surface area contributed by atoms with E-state index < -0.39 is 0 Å². The van der Waals surface area contributed by atoms with E-state index in [1.54, 1.807) is 0 Å². The number of rotatable bonds is 6. The van der Waals surface area contributed by atoms with Crippen LogP contribution in [0.25, 0.3) is 0 Å². The van der Waals surface area contributed by atoms with Gasteiger partial charge in [0.2, 0.25) is 0 Å². The molecule has 0 atom stereocenters. The van der Waals surface area contributed by atoms with Gasteiger partial charge in [-0.05, 0) is 61.2 Å². The number of piperidine rings is 1. The van der Waals surface area contributed by atoms with E-state index in [-0.39, 0.29) is 0 Å². The van der Waals surface area contributed by atoms with Crippen molar-refractivity contribution in [2.75, 3.05) is 19.6 Å². The Morgan fingerprint density at radius 1 is 1.35 bits per heavy atom. The van der Waals surface area contributed by atoms with Crippen LogP contribution in [-0.4, -0.2) is 40.4 Å². The average Bonchev–Trinajstić information content (AvgIpc) is 2.75. The first-order valence-electron chi connectivity index (χ1n) is 7.82. The summed E-state index contributed by atoms with van der Waals surface area (Å²) in [6.45, 7) is 8.90. The maximum Gasteiger partial charge on any atom is 0.0767 e. The van der Waals surface area contributed by atoms with Gasteiger partial charge >= 0.3 is 0 Å². The SMILES string of the molecule is CCCN(Cc1c(Br)c(CC)nn1C)C1CCNCC1. The Morgan fingerprint density at radius 2 is 2.05 bits per heavy atom. The third kappa shape index (κ3) is 3.62. The normalized spacial score (nSPS) is 17.1. The summed E-state index contributed by atoms with van der Waals surface area (Å²) in [5.74, 6) is 0. The maximum absolute atomic E-state index is 4.62. The van der Waals surface area contributed by atoms with E-state index >= 15 is 0 Å². The maximum atomic E-state index is 4.62. The molecule has 1 fully saturated rings. The minimum Gasteiger partial charge on any atom is -0.317 e. The van der Waals surface area contributed by atoms with Gasteiger partial charge in [-0.3, -0.25) is 9.58 Å². The van der Waals surface area contributed by atoms with Crippen LogP contribution in [0.3, 0.4) is 0 Å². The molecule has 0 spiro atoms. The van der Waals surface area contributed by atoms with Crippen LogP contribution >= 0.6 is 15.9 Å². The first-order valence-corrected chi connectivity index (χ1v) is 8.61. The van der Waals surface area contributed by atoms with Crippen molar-refractivity contribution in [1.82, 2.24) is 20.0 Å². The van der Waals surface area contributed by atoms with Crippen molar-refractivity contribution < 1.29 is 0 Å². The number of nitrogens with zero attached hydrogens (tertiary/aromatic N) is 3. The number of nitrogens with one attached hydrogen (secondary N) is 1. The van der Waals surface area contributed by atoms with Crippen LogP contribution in [0.15, 0.2) is 4.47 Å². The van der Waals surface area contributed by atoms with Crippen molar-refractivity contribution in [1.29, 1.82) is 0 Å². The summed E-state index contributed by atoms with van der Waals surface area (Å²) in [6.07, 6.45) is 4.71. The molecule has 0 saturated carbocycles. The highest BCUT2D eigenvalue weighted by Crippen LogP contribution is 2.25. The minimum absolute atomic E-state index is 0.711. The first kappa shape index (κ1) is 16.0. The topological polar surface area (TPSA) is 33.1 Å². The summed E-state index contributed by atoms with van der Waals surface area (Å²) in [4.78, 5) is 2.64. The summed E-state index contributed by atoms with van der Waals surface area (Å²) in [6, 6.07) is 0.711. The Kier molecular flexibility index (Phi) is 6.05. The van der Waals surface area contributed by atoms with Crippen LogP contribution in [0.4, 0.5) is 0 Å². The summed E-state index contributed by atoms with van der Waals surface area (Å²) in [5.41, 5.74) is 2.48. The van der Waals surface area contributed by atoms with Crippen LogP contribution in [0.5, 0.6) is 0 Å². The van der Waals surface area contributed by atoms with E-state index in [0.29, 0.717) is 6.04 Å². The molecule has 4 nitrogen and oxygen atoms in total. The van der Waals surface area contributed by atoms with Crippen LogP contribution in [0.2, 0.25) is 0 Å². The molecule has 1 saturated heterocycles. The number of halogens is 1. The highest BCUT2D eigenvalue weighted by molar-refractivity contribution is 9.10. The predicted molar refractivity (Wildman–Crippen MR) is 86.9 cm³/mol. The fraction of sp³-hybridized carbons (Fsp3) is 0.800. The third-order valence-electron chi connectivity index (χ3n) is 4.19. The predicted octanol–water partition coefficient (Wildman–Crippen LogP) is 2.71. The third-order valence-corrected chi connectivity index (χ3v) is 5.11. The van der Waals surface area contributed by atoms with Crippen molar-refractivity contribution in [3.8, 4) is 0 Å². The van der Waals surface area contributed by atoms with Gasteiger partial charge in [-0.2, -0.15) is 5.10 Å². The molecule has 0 amide bonds. The van der Waals surface area contributed by atoms with Gasteiger partial charge in [0, 0.05) is 19.6 Å². The lowest BCUT2D eigenvalue weighted by molar-refractivity contribution is 0.150. The van der Waals surface area contributed by atoms with Crippen LogP contribution < -0.4 is 5.32 Å². The van der Waals surface area contributed by atoms with Gasteiger partial charge in [0.05, 0.1) is 15.9 Å². The number of hydrogen-bond donors (Lipinski definition) is 1. The lowest BCUT2D eigenvalue weighted by Gasteiger charge is -2.34. The lowest BCUT2D eigenvalue weighted by atomic mass is 10.0. The Morgan fingerprint density at radius 3 is 2.60 bits per heavy atom. The molecule has 0 aromatic carbocycles. The largest absolute Gasteiger partial charge is 0.317 e. The summed E-state index contributed by atoms with van der Waals surface area (Å²) < 4.78 is 3.25. The second-order valence-electron chi connectivity index (χ2n) is 5.64. The molecule has 0 radical (unpaired) electrons. The van der Waals surface area contributed by atoms with Gasteiger partial charge in [-0.1, -0.05) is 13.8 Å². The molecule has 0 unspecified atom stereocenters. The molecule has 1 aliphatic heterocycles. The minimum atomic E-state index is 0.711. The van der Waals surface area contributed by atoms with Crippen molar-refractivity contribution >= 4 is 15.9 Å². The van der Waals surface area contributed by atoms with Gasteiger partial charge in [-0.15, -0.1) is 0 Å². The molecule has 0 bridgehead atoms. The van der Waals surface area contributed by atoms with Gasteiger partial charge in [-0.25, -0.2) is 0 Å². The molecule has 5 heteroatoms. The summed E-state index contributed by atoms with van der Waals surface area (Å²) in [7, 11) is 2.06. The molecule has 1 N–H and O–H groups in total. The van der Waals surface area contributed by atoms with E-state index in [1.165, 1.54) is 41.7 Å². The summed E-state index contributed by atoms with van der Waals surface area (Å²) in [5, 5.41) is 8.08. The Balaban J connectivity index is 2.12. The molecule has 0 aliphatic carbocycles. The van der Waals surface area contributed by atoms with Crippen LogP contribution in [-0.2, 0) is 20.0 Å². The molecule has 114 valence electrons. The molecule has 1 aromatic heterocycles. The molecular weight excluding hydrogens is 316 g/mol. The van der Waals surface area contributed by atoms with E-state index in [4.69, 9.17) is 0 Å². The van der Waals surface area contributed by atoms with Crippen molar-refractivity contribution in [3.05, 3.63) is 15.9 Å². The first-order chi connectivity index (χ1) is 9.67. The Bertz CT molecular complexity index is 424. The number of hydrogen-bond acceptors (Lipinski definition) is 3. The van der Waals surface area contributed by atoms with Gasteiger partial charge in [0.1, 0.15) is 0 Å². The Labute approximate surface area is 131 Å². The Hall–Kier alpha value is -0.390. The molecule has 20 heavy (non-hydrogen) atoms. The second kappa shape index (κ2) is 7.57. The fourth-order valence-corrected chi connectivity index (χ4v) is 3.78. The highest BCUT2D eigenvalue weighted by atomic mass is 79.9. The second-order valence-corrected chi connectivity index (χ2v) is 6.43. The van der Waals surface area contributed by atoms with Crippen molar-refractivity contribution in [3.63, 3.8) is 0 Å². The van der Waals surface area contributed by atoms with E-state index in [1.807, 2.05) is 4.68 Å². The highest BCUT2D eigenvalue weighted by Gasteiger charge is 2.23. The number of aryl methyl sites for hydroxylation is 2. The molecule has 1 aliphatic rings. The smallest absolute Gasteiger partial charge is 0.0767 e. The lowest BCUT2D eigenvalue weighted by Crippen LogP contribution is -2.43. The quantitative estimate of drug-likeness (QED) is 0.862. The van der Waals surface area contributed by atoms with E-state index in [9.17, 15) is 0 Å². The van der Waals surface area contributed by atoms with Gasteiger partial charge in [0.15, 0.2) is 0 Å². The van der Waals surface area contributed by atoms with Crippen LogP contribution in [0.1, 0.15) is 44.5 Å². The standard InChI is InChI=1S/C15H27BrN4/c1-4-10-20(12-6-8-17-9-7-12)11-14-15(16)13(5-2)18-19(14)3/h12,17H,4-11H2,1-3H3. The monoisotopic (exact) mass is 342 g/mol. The van der Waals surface area contributed by atoms with E-state index in [0.717, 1.165) is 26.1 Å². The van der Waals surface area contributed by atoms with Gasteiger partial charge < -0.3 is 5.32 Å². The summed E-state index contributed by atoms with van der Waals surface area (Å²) >= 11 is 3.74. The average molecular weight is 343 g/mol. The van der Waals surface area contributed by atoms with Crippen molar-refractivity contribution in [2.45, 2.75) is 52.1 Å². The molecular formula is C15H27BrN4. The van der Waals surface area contributed by atoms with E-state index in [2.05, 4.69) is 52.1 Å². The zero-order valence-electron chi connectivity index (χ0n) is 13.0. The number of aromatic nitrogens is 2. The molecule has 1 aromatic rings. The zero-order chi connectivity index (χ0) is 14.5. The zero-order valence-corrected chi connectivity index (χ0v) is 14.5. The van der Waals surface area contributed by atoms with Crippen molar-refractivity contribution in [2.24, 2.45) is 7.05 Å². The molecule has 2 heterocycles.